The number of fused-ring (bicyclic) bond motifs is 1. The number of carboxylic acid groups (broad SMARTS) is 1. The van der Waals surface area contributed by atoms with Crippen molar-refractivity contribution in [2.24, 2.45) is 0 Å². The van der Waals surface area contributed by atoms with E-state index in [1.54, 1.807) is 6.07 Å². The highest BCUT2D eigenvalue weighted by atomic mass is 16.4. The first-order chi connectivity index (χ1) is 6.77. The Hall–Kier alpha value is -1.84. The second-order valence-corrected chi connectivity index (χ2v) is 2.42. The Balaban J connectivity index is 0.000000461. The lowest BCUT2D eigenvalue weighted by Crippen LogP contribution is -2.07. The van der Waals surface area contributed by atoms with Gasteiger partial charge in [0.1, 0.15) is 0 Å². The third-order valence-corrected chi connectivity index (χ3v) is 1.61. The van der Waals surface area contributed by atoms with Crippen molar-refractivity contribution in [1.82, 2.24) is 9.78 Å². The van der Waals surface area contributed by atoms with Crippen LogP contribution < -0.4 is 0 Å². The van der Waals surface area contributed by atoms with Gasteiger partial charge in [0.2, 0.25) is 0 Å². The highest BCUT2D eigenvalue weighted by Crippen LogP contribution is 2.09. The van der Waals surface area contributed by atoms with Crippen LogP contribution in [0.2, 0.25) is 0 Å². The molecule has 0 saturated carbocycles. The van der Waals surface area contributed by atoms with E-state index in [9.17, 15) is 4.79 Å². The number of nitrogens with zero attached hydrogens (tertiary/aromatic N) is 2. The van der Waals surface area contributed by atoms with E-state index >= 15 is 0 Å². The lowest BCUT2D eigenvalue weighted by molar-refractivity contribution is 0.193. The van der Waals surface area contributed by atoms with Gasteiger partial charge in [0.25, 0.3) is 0 Å². The molecule has 0 radical (unpaired) electrons. The Morgan fingerprint density at radius 2 is 2.00 bits per heavy atom. The van der Waals surface area contributed by atoms with E-state index in [0.717, 1.165) is 10.1 Å². The van der Waals surface area contributed by atoms with Crippen molar-refractivity contribution in [3.8, 4) is 0 Å². The van der Waals surface area contributed by atoms with Crippen LogP contribution in [-0.2, 0) is 0 Å². The van der Waals surface area contributed by atoms with Gasteiger partial charge in [0.15, 0.2) is 0 Å². The Morgan fingerprint density at radius 3 is 2.57 bits per heavy atom. The van der Waals surface area contributed by atoms with Gasteiger partial charge in [-0.1, -0.05) is 32.0 Å². The predicted molar refractivity (Wildman–Crippen MR) is 54.5 cm³/mol. The third kappa shape index (κ3) is 1.90. The summed E-state index contributed by atoms with van der Waals surface area (Å²) >= 11 is 0. The zero-order chi connectivity index (χ0) is 10.6. The molecule has 4 nitrogen and oxygen atoms in total. The second kappa shape index (κ2) is 4.41. The summed E-state index contributed by atoms with van der Waals surface area (Å²) in [5.41, 5.74) is 0.694. The molecule has 0 bridgehead atoms. The molecule has 0 unspecified atom stereocenters. The molecule has 0 atom stereocenters. The van der Waals surface area contributed by atoms with Crippen molar-refractivity contribution in [3.63, 3.8) is 0 Å². The molecule has 1 heterocycles. The Morgan fingerprint density at radius 1 is 1.36 bits per heavy atom. The number of hydrogen-bond acceptors (Lipinski definition) is 2. The van der Waals surface area contributed by atoms with E-state index in [2.05, 4.69) is 5.10 Å². The van der Waals surface area contributed by atoms with Gasteiger partial charge in [-0.3, -0.25) is 0 Å². The van der Waals surface area contributed by atoms with Crippen LogP contribution in [0.5, 0.6) is 0 Å². The summed E-state index contributed by atoms with van der Waals surface area (Å²) in [5, 5.41) is 13.2. The minimum Gasteiger partial charge on any atom is -0.463 e. The van der Waals surface area contributed by atoms with Crippen molar-refractivity contribution < 1.29 is 9.90 Å². The average Bonchev–Trinajstić information content (AvgIpc) is 2.64. The molecule has 1 aromatic heterocycles. The summed E-state index contributed by atoms with van der Waals surface area (Å²) in [6.07, 6.45) is 0.420. The molecule has 4 heteroatoms. The Bertz CT molecular complexity index is 401. The van der Waals surface area contributed by atoms with Crippen LogP contribution in [0, 0.1) is 0 Å². The van der Waals surface area contributed by atoms with Crippen LogP contribution >= 0.6 is 0 Å². The molecular formula is C10H12N2O2. The molecule has 0 spiro atoms. The lowest BCUT2D eigenvalue weighted by atomic mass is 10.3. The van der Waals surface area contributed by atoms with Crippen molar-refractivity contribution in [1.29, 1.82) is 0 Å². The molecule has 0 saturated heterocycles. The maximum absolute atomic E-state index is 10.5. The van der Waals surface area contributed by atoms with Crippen LogP contribution in [0.3, 0.4) is 0 Å². The normalized spacial score (nSPS) is 9.29. The van der Waals surface area contributed by atoms with E-state index in [-0.39, 0.29) is 0 Å². The standard InChI is InChI=1S/C8H6N2O2.C2H6/c11-8(12)10-5-6-3-1-2-4-7(6)9-10;1-2/h1-5H,(H,11,12);1-2H3. The molecule has 2 rings (SSSR count). The van der Waals surface area contributed by atoms with E-state index < -0.39 is 6.09 Å². The first-order valence-electron chi connectivity index (χ1n) is 4.45. The third-order valence-electron chi connectivity index (χ3n) is 1.61. The van der Waals surface area contributed by atoms with Gasteiger partial charge in [-0.05, 0) is 6.07 Å². The topological polar surface area (TPSA) is 55.1 Å². The fourth-order valence-electron chi connectivity index (χ4n) is 1.06. The monoisotopic (exact) mass is 192 g/mol. The zero-order valence-electron chi connectivity index (χ0n) is 8.14. The van der Waals surface area contributed by atoms with Crippen LogP contribution in [0.15, 0.2) is 30.5 Å². The largest absolute Gasteiger partial charge is 0.463 e. The van der Waals surface area contributed by atoms with E-state index in [0.29, 0.717) is 5.52 Å². The smallest absolute Gasteiger partial charge is 0.432 e. The molecule has 14 heavy (non-hydrogen) atoms. The van der Waals surface area contributed by atoms with Crippen molar-refractivity contribution >= 4 is 17.0 Å². The van der Waals surface area contributed by atoms with Crippen molar-refractivity contribution in [2.75, 3.05) is 0 Å². The number of aromatic nitrogens is 2. The van der Waals surface area contributed by atoms with Crippen LogP contribution in [-0.4, -0.2) is 21.0 Å². The molecule has 0 aliphatic carbocycles. The molecule has 0 amide bonds. The van der Waals surface area contributed by atoms with Crippen LogP contribution in [0.1, 0.15) is 13.8 Å². The molecule has 74 valence electrons. The van der Waals surface area contributed by atoms with Gasteiger partial charge in [-0.2, -0.15) is 9.78 Å². The first kappa shape index (κ1) is 10.2. The summed E-state index contributed by atoms with van der Waals surface area (Å²) in [6, 6.07) is 7.26. The summed E-state index contributed by atoms with van der Waals surface area (Å²) < 4.78 is 0.907. The first-order valence-corrected chi connectivity index (χ1v) is 4.45. The highest BCUT2D eigenvalue weighted by Gasteiger charge is 2.03. The fourth-order valence-corrected chi connectivity index (χ4v) is 1.06. The number of hydrogen-bond donors (Lipinski definition) is 1. The molecule has 2 aromatic rings. The van der Waals surface area contributed by atoms with E-state index in [1.165, 1.54) is 6.20 Å². The van der Waals surface area contributed by atoms with Gasteiger partial charge in [-0.25, -0.2) is 4.79 Å². The van der Waals surface area contributed by atoms with Gasteiger partial charge >= 0.3 is 6.09 Å². The summed E-state index contributed by atoms with van der Waals surface area (Å²) in [4.78, 5) is 10.5. The predicted octanol–water partition coefficient (Wildman–Crippen LogP) is 2.59. The molecule has 0 aliphatic rings. The number of carbonyl (C=O) groups is 1. The fraction of sp³-hybridized carbons (Fsp3) is 0.200. The van der Waals surface area contributed by atoms with Gasteiger partial charge < -0.3 is 5.11 Å². The Labute approximate surface area is 81.8 Å². The molecule has 1 aromatic carbocycles. The van der Waals surface area contributed by atoms with Gasteiger partial charge in [-0.15, -0.1) is 0 Å². The van der Waals surface area contributed by atoms with Gasteiger partial charge in [0.05, 0.1) is 5.52 Å². The van der Waals surface area contributed by atoms with Crippen LogP contribution in [0.4, 0.5) is 4.79 Å². The summed E-state index contributed by atoms with van der Waals surface area (Å²) in [6.45, 7) is 4.00. The number of benzene rings is 1. The average molecular weight is 192 g/mol. The zero-order valence-corrected chi connectivity index (χ0v) is 8.14. The van der Waals surface area contributed by atoms with Crippen molar-refractivity contribution in [3.05, 3.63) is 30.5 Å². The SMILES string of the molecule is CC.O=C(O)n1cc2ccccc2n1. The Kier molecular flexibility index (Phi) is 3.23. The number of rotatable bonds is 0. The summed E-state index contributed by atoms with van der Waals surface area (Å²) in [5.74, 6) is 0. The molecule has 1 N–H and O–H groups in total. The summed E-state index contributed by atoms with van der Waals surface area (Å²) in [7, 11) is 0. The van der Waals surface area contributed by atoms with Gasteiger partial charge in [0, 0.05) is 11.6 Å². The van der Waals surface area contributed by atoms with E-state index in [1.807, 2.05) is 32.0 Å². The highest BCUT2D eigenvalue weighted by molar-refractivity contribution is 5.81. The molecule has 0 fully saturated rings. The van der Waals surface area contributed by atoms with Crippen molar-refractivity contribution in [2.45, 2.75) is 13.8 Å². The minimum absolute atomic E-state index is 0.694. The van der Waals surface area contributed by atoms with E-state index in [4.69, 9.17) is 5.11 Å². The lowest BCUT2D eigenvalue weighted by Gasteiger charge is -1.85. The maximum Gasteiger partial charge on any atom is 0.432 e. The second-order valence-electron chi connectivity index (χ2n) is 2.42. The molecular weight excluding hydrogens is 180 g/mol. The quantitative estimate of drug-likeness (QED) is 0.698. The maximum atomic E-state index is 10.5. The van der Waals surface area contributed by atoms with Crippen LogP contribution in [0.25, 0.3) is 10.9 Å². The minimum atomic E-state index is -1.06. The molecule has 0 aliphatic heterocycles.